The van der Waals surface area contributed by atoms with Crippen LogP contribution in [0, 0.1) is 5.92 Å². The van der Waals surface area contributed by atoms with Gasteiger partial charge in [-0.05, 0) is 34.1 Å². The SMILES string of the molecule is CCC(C)OC(=O)C(Cc1cnc(NC(=O)OC(C)(C)C)s1)C(=O)O. The second-order valence-corrected chi connectivity index (χ2v) is 7.62. The van der Waals surface area contributed by atoms with Crippen molar-refractivity contribution in [1.82, 2.24) is 4.98 Å². The Balaban J connectivity index is 2.72. The van der Waals surface area contributed by atoms with E-state index in [4.69, 9.17) is 9.47 Å². The van der Waals surface area contributed by atoms with Gasteiger partial charge in [0, 0.05) is 17.5 Å². The highest BCUT2D eigenvalue weighted by Gasteiger charge is 2.30. The zero-order valence-electron chi connectivity index (χ0n) is 15.0. The van der Waals surface area contributed by atoms with Crippen LogP contribution in [0.2, 0.25) is 0 Å². The van der Waals surface area contributed by atoms with Gasteiger partial charge >= 0.3 is 18.0 Å². The van der Waals surface area contributed by atoms with E-state index in [1.165, 1.54) is 6.20 Å². The van der Waals surface area contributed by atoms with Gasteiger partial charge in [0.25, 0.3) is 0 Å². The van der Waals surface area contributed by atoms with Crippen molar-refractivity contribution in [3.05, 3.63) is 11.1 Å². The molecule has 2 unspecified atom stereocenters. The molecule has 0 aromatic carbocycles. The number of carbonyl (C=O) groups excluding carboxylic acids is 2. The summed E-state index contributed by atoms with van der Waals surface area (Å²) < 4.78 is 10.2. The first-order chi connectivity index (χ1) is 11.5. The first kappa shape index (κ1) is 20.9. The molecule has 25 heavy (non-hydrogen) atoms. The van der Waals surface area contributed by atoms with Gasteiger partial charge in [-0.2, -0.15) is 0 Å². The van der Waals surface area contributed by atoms with Gasteiger partial charge in [-0.25, -0.2) is 9.78 Å². The molecule has 9 heteroatoms. The summed E-state index contributed by atoms with van der Waals surface area (Å²) in [4.78, 5) is 39.6. The summed E-state index contributed by atoms with van der Waals surface area (Å²) in [5.74, 6) is -3.36. The lowest BCUT2D eigenvalue weighted by Crippen LogP contribution is -2.30. The van der Waals surface area contributed by atoms with Crippen LogP contribution in [0.3, 0.4) is 0 Å². The largest absolute Gasteiger partial charge is 0.481 e. The summed E-state index contributed by atoms with van der Waals surface area (Å²) >= 11 is 1.08. The van der Waals surface area contributed by atoms with Crippen LogP contribution in [0.5, 0.6) is 0 Å². The molecule has 1 heterocycles. The van der Waals surface area contributed by atoms with E-state index >= 15 is 0 Å². The Bertz CT molecular complexity index is 622. The number of nitrogens with zero attached hydrogens (tertiary/aromatic N) is 1. The van der Waals surface area contributed by atoms with Crippen LogP contribution in [-0.2, 0) is 25.5 Å². The zero-order valence-corrected chi connectivity index (χ0v) is 15.8. The molecule has 1 aromatic heterocycles. The first-order valence-electron chi connectivity index (χ1n) is 7.89. The maximum Gasteiger partial charge on any atom is 0.413 e. The monoisotopic (exact) mass is 372 g/mol. The number of aliphatic carboxylic acids is 1. The number of nitrogens with one attached hydrogen (secondary N) is 1. The summed E-state index contributed by atoms with van der Waals surface area (Å²) in [6.07, 6.45) is 0.963. The Kier molecular flexibility index (Phi) is 7.35. The number of rotatable bonds is 7. The average Bonchev–Trinajstić information content (AvgIpc) is 2.89. The van der Waals surface area contributed by atoms with Crippen molar-refractivity contribution in [3.8, 4) is 0 Å². The van der Waals surface area contributed by atoms with Crippen molar-refractivity contribution >= 4 is 34.5 Å². The van der Waals surface area contributed by atoms with Crippen LogP contribution in [0.25, 0.3) is 0 Å². The number of thiazole rings is 1. The van der Waals surface area contributed by atoms with Crippen molar-refractivity contribution in [2.24, 2.45) is 5.92 Å². The molecule has 0 aliphatic heterocycles. The van der Waals surface area contributed by atoms with Crippen molar-refractivity contribution in [1.29, 1.82) is 0 Å². The number of amides is 1. The topological polar surface area (TPSA) is 115 Å². The quantitative estimate of drug-likeness (QED) is 0.558. The third-order valence-corrected chi connectivity index (χ3v) is 3.98. The van der Waals surface area contributed by atoms with E-state index in [1.54, 1.807) is 27.7 Å². The van der Waals surface area contributed by atoms with Gasteiger partial charge in [-0.15, -0.1) is 11.3 Å². The number of hydrogen-bond acceptors (Lipinski definition) is 7. The minimum absolute atomic E-state index is 0.0573. The van der Waals surface area contributed by atoms with Crippen LogP contribution in [0.15, 0.2) is 6.20 Å². The number of carboxylic acid groups (broad SMARTS) is 1. The van der Waals surface area contributed by atoms with E-state index in [9.17, 15) is 19.5 Å². The molecule has 0 bridgehead atoms. The number of carbonyl (C=O) groups is 3. The highest BCUT2D eigenvalue weighted by atomic mass is 32.1. The summed E-state index contributed by atoms with van der Waals surface area (Å²) in [5, 5.41) is 12.0. The van der Waals surface area contributed by atoms with Gasteiger partial charge in [-0.3, -0.25) is 14.9 Å². The Morgan fingerprint density at radius 3 is 2.52 bits per heavy atom. The van der Waals surface area contributed by atoms with Crippen LogP contribution in [0.4, 0.5) is 9.93 Å². The molecule has 0 fully saturated rings. The van der Waals surface area contributed by atoms with Crippen LogP contribution in [0.1, 0.15) is 45.9 Å². The molecule has 0 radical (unpaired) electrons. The second kappa shape index (κ2) is 8.80. The molecule has 0 saturated carbocycles. The minimum atomic E-state index is -1.32. The molecule has 1 rings (SSSR count). The molecule has 2 atom stereocenters. The molecule has 8 nitrogen and oxygen atoms in total. The van der Waals surface area contributed by atoms with Crippen molar-refractivity contribution in [2.45, 2.75) is 59.2 Å². The second-order valence-electron chi connectivity index (χ2n) is 6.51. The van der Waals surface area contributed by atoms with E-state index in [0.29, 0.717) is 11.3 Å². The number of hydrogen-bond donors (Lipinski definition) is 2. The van der Waals surface area contributed by atoms with Crippen molar-refractivity contribution < 1.29 is 29.0 Å². The van der Waals surface area contributed by atoms with Gasteiger partial charge in [0.2, 0.25) is 0 Å². The third-order valence-electron chi connectivity index (χ3n) is 3.04. The van der Waals surface area contributed by atoms with Gasteiger partial charge in [0.15, 0.2) is 11.0 Å². The van der Waals surface area contributed by atoms with Gasteiger partial charge < -0.3 is 14.6 Å². The molecule has 1 amide bonds. The molecule has 0 aliphatic rings. The van der Waals surface area contributed by atoms with E-state index in [-0.39, 0.29) is 17.7 Å². The van der Waals surface area contributed by atoms with E-state index in [2.05, 4.69) is 10.3 Å². The molecule has 0 spiro atoms. The Hall–Kier alpha value is -2.16. The molecular weight excluding hydrogens is 348 g/mol. The number of esters is 1. The first-order valence-corrected chi connectivity index (χ1v) is 8.71. The van der Waals surface area contributed by atoms with Crippen LogP contribution in [-0.4, -0.2) is 39.8 Å². The Labute approximate surface area is 150 Å². The van der Waals surface area contributed by atoms with E-state index in [1.807, 2.05) is 6.92 Å². The number of anilines is 1. The predicted octanol–water partition coefficient (Wildman–Crippen LogP) is 3.08. The van der Waals surface area contributed by atoms with E-state index in [0.717, 1.165) is 11.3 Å². The lowest BCUT2D eigenvalue weighted by molar-refractivity contribution is -0.161. The fourth-order valence-corrected chi connectivity index (χ4v) is 2.53. The fourth-order valence-electron chi connectivity index (χ4n) is 1.69. The molecular formula is C16H24N2O6S. The molecule has 140 valence electrons. The lowest BCUT2D eigenvalue weighted by atomic mass is 10.1. The number of aromatic nitrogens is 1. The average molecular weight is 372 g/mol. The summed E-state index contributed by atoms with van der Waals surface area (Å²) in [6.45, 7) is 8.75. The maximum atomic E-state index is 12.0. The van der Waals surface area contributed by atoms with Crippen LogP contribution < -0.4 is 5.32 Å². The highest BCUT2D eigenvalue weighted by Crippen LogP contribution is 2.23. The minimum Gasteiger partial charge on any atom is -0.481 e. The van der Waals surface area contributed by atoms with Crippen molar-refractivity contribution in [3.63, 3.8) is 0 Å². The normalized spacial score (nSPS) is 13.6. The van der Waals surface area contributed by atoms with Gasteiger partial charge in [-0.1, -0.05) is 6.92 Å². The Morgan fingerprint density at radius 2 is 2.00 bits per heavy atom. The number of ether oxygens (including phenoxy) is 2. The predicted molar refractivity (Wildman–Crippen MR) is 92.6 cm³/mol. The van der Waals surface area contributed by atoms with Gasteiger partial charge in [0.05, 0.1) is 6.10 Å². The molecule has 2 N–H and O–H groups in total. The zero-order chi connectivity index (χ0) is 19.2. The summed E-state index contributed by atoms with van der Waals surface area (Å²) in [5.41, 5.74) is -0.641. The third kappa shape index (κ3) is 7.51. The standard InChI is InChI=1S/C16H24N2O6S/c1-6-9(2)23-13(21)11(12(19)20)7-10-8-17-14(25-10)18-15(22)24-16(3,4)5/h8-9,11H,6-7H2,1-5H3,(H,19,20)(H,17,18,22). The summed E-state index contributed by atoms with van der Waals surface area (Å²) in [7, 11) is 0. The smallest absolute Gasteiger partial charge is 0.413 e. The van der Waals surface area contributed by atoms with E-state index < -0.39 is 29.6 Å². The summed E-state index contributed by atoms with van der Waals surface area (Å²) in [6, 6.07) is 0. The lowest BCUT2D eigenvalue weighted by Gasteiger charge is -2.18. The molecule has 0 saturated heterocycles. The molecule has 0 aliphatic carbocycles. The Morgan fingerprint density at radius 1 is 1.36 bits per heavy atom. The molecule has 1 aromatic rings. The maximum absolute atomic E-state index is 12.0. The van der Waals surface area contributed by atoms with Gasteiger partial charge in [0.1, 0.15) is 5.60 Å². The van der Waals surface area contributed by atoms with Crippen LogP contribution >= 0.6 is 11.3 Å². The highest BCUT2D eigenvalue weighted by molar-refractivity contribution is 7.15. The number of carboxylic acids is 1. The van der Waals surface area contributed by atoms with Crippen molar-refractivity contribution in [2.75, 3.05) is 5.32 Å². The fraction of sp³-hybridized carbons (Fsp3) is 0.625.